The highest BCUT2D eigenvalue weighted by atomic mass is 16.5. The van der Waals surface area contributed by atoms with Crippen molar-refractivity contribution in [2.45, 2.75) is 53.3 Å². The summed E-state index contributed by atoms with van der Waals surface area (Å²) >= 11 is 0. The number of nitrogens with one attached hydrogen (secondary N) is 1. The Bertz CT molecular complexity index is 498. The molecule has 6 heteroatoms. The standard InChI is InChI=1S/C14H24N4O2/c1-6-18-11(4)13(9(2)16-18)15-14(19)17-7-8-20-12(5)10(17)3/h10,12H,6-8H2,1-5H3,(H,15,19)/t10-,12-/m0/s1. The number of morpholine rings is 1. The predicted octanol–water partition coefficient (Wildman–Crippen LogP) is 2.16. The summed E-state index contributed by atoms with van der Waals surface area (Å²) < 4.78 is 7.45. The zero-order chi connectivity index (χ0) is 14.9. The van der Waals surface area contributed by atoms with Gasteiger partial charge >= 0.3 is 6.03 Å². The molecular weight excluding hydrogens is 256 g/mol. The Labute approximate surface area is 120 Å². The monoisotopic (exact) mass is 280 g/mol. The second-order valence-corrected chi connectivity index (χ2v) is 5.30. The third kappa shape index (κ3) is 2.65. The van der Waals surface area contributed by atoms with Gasteiger partial charge in [-0.05, 0) is 34.6 Å². The fraction of sp³-hybridized carbons (Fsp3) is 0.714. The van der Waals surface area contributed by atoms with Gasteiger partial charge in [0, 0.05) is 13.1 Å². The van der Waals surface area contributed by atoms with Crippen LogP contribution in [0.1, 0.15) is 32.2 Å². The van der Waals surface area contributed by atoms with E-state index in [1.165, 1.54) is 0 Å². The number of hydrogen-bond acceptors (Lipinski definition) is 3. The van der Waals surface area contributed by atoms with E-state index < -0.39 is 0 Å². The summed E-state index contributed by atoms with van der Waals surface area (Å²) in [5.41, 5.74) is 2.67. The number of nitrogens with zero attached hydrogens (tertiary/aromatic N) is 3. The summed E-state index contributed by atoms with van der Waals surface area (Å²) in [6.07, 6.45) is 0.0649. The molecule has 0 aromatic carbocycles. The molecule has 2 rings (SSSR count). The van der Waals surface area contributed by atoms with Gasteiger partial charge < -0.3 is 15.0 Å². The van der Waals surface area contributed by atoms with Gasteiger partial charge in [0.1, 0.15) is 0 Å². The van der Waals surface area contributed by atoms with E-state index in [1.807, 2.05) is 44.2 Å². The van der Waals surface area contributed by atoms with Crippen molar-refractivity contribution in [1.82, 2.24) is 14.7 Å². The zero-order valence-electron chi connectivity index (χ0n) is 12.9. The average molecular weight is 280 g/mol. The number of aromatic nitrogens is 2. The van der Waals surface area contributed by atoms with E-state index in [9.17, 15) is 4.79 Å². The maximum atomic E-state index is 12.4. The molecule has 0 spiro atoms. The van der Waals surface area contributed by atoms with Crippen molar-refractivity contribution in [3.05, 3.63) is 11.4 Å². The lowest BCUT2D eigenvalue weighted by molar-refractivity contribution is -0.0355. The van der Waals surface area contributed by atoms with Crippen LogP contribution >= 0.6 is 0 Å². The van der Waals surface area contributed by atoms with Gasteiger partial charge in [-0.25, -0.2) is 4.79 Å². The lowest BCUT2D eigenvalue weighted by atomic mass is 10.1. The molecule has 6 nitrogen and oxygen atoms in total. The number of amides is 2. The Morgan fingerprint density at radius 1 is 1.45 bits per heavy atom. The maximum absolute atomic E-state index is 12.4. The van der Waals surface area contributed by atoms with Crippen LogP contribution in [0, 0.1) is 13.8 Å². The number of rotatable bonds is 2. The summed E-state index contributed by atoms with van der Waals surface area (Å²) in [6, 6.07) is 0.0000790. The van der Waals surface area contributed by atoms with Crippen LogP contribution in [0.3, 0.4) is 0 Å². The van der Waals surface area contributed by atoms with Crippen molar-refractivity contribution in [1.29, 1.82) is 0 Å². The van der Waals surface area contributed by atoms with Gasteiger partial charge in [0.05, 0.1) is 35.8 Å². The molecule has 112 valence electrons. The molecule has 1 saturated heterocycles. The second-order valence-electron chi connectivity index (χ2n) is 5.30. The molecule has 1 aromatic rings. The smallest absolute Gasteiger partial charge is 0.322 e. The van der Waals surface area contributed by atoms with Crippen molar-refractivity contribution in [2.75, 3.05) is 18.5 Å². The fourth-order valence-electron chi connectivity index (χ4n) is 2.58. The molecule has 1 N–H and O–H groups in total. The van der Waals surface area contributed by atoms with Gasteiger partial charge in [0.2, 0.25) is 0 Å². The Morgan fingerprint density at radius 2 is 2.15 bits per heavy atom. The molecule has 1 aliphatic rings. The molecule has 0 bridgehead atoms. The lowest BCUT2D eigenvalue weighted by Gasteiger charge is -2.37. The highest BCUT2D eigenvalue weighted by Crippen LogP contribution is 2.21. The fourth-order valence-corrected chi connectivity index (χ4v) is 2.58. The first kappa shape index (κ1) is 14.8. The van der Waals surface area contributed by atoms with Crippen LogP contribution in [0.15, 0.2) is 0 Å². The molecule has 1 fully saturated rings. The molecular formula is C14H24N4O2. The predicted molar refractivity (Wildman–Crippen MR) is 78.0 cm³/mol. The first-order valence-corrected chi connectivity index (χ1v) is 7.19. The van der Waals surface area contributed by atoms with Crippen LogP contribution in [0.25, 0.3) is 0 Å². The van der Waals surface area contributed by atoms with Crippen LogP contribution in [0.5, 0.6) is 0 Å². The van der Waals surface area contributed by atoms with Crippen LogP contribution in [0.2, 0.25) is 0 Å². The summed E-state index contributed by atoms with van der Waals surface area (Å²) in [5.74, 6) is 0. The largest absolute Gasteiger partial charge is 0.375 e. The molecule has 2 atom stereocenters. The number of ether oxygens (including phenoxy) is 1. The van der Waals surface area contributed by atoms with Crippen molar-refractivity contribution in [3.63, 3.8) is 0 Å². The minimum Gasteiger partial charge on any atom is -0.375 e. The Balaban J connectivity index is 2.13. The third-order valence-electron chi connectivity index (χ3n) is 4.06. The average Bonchev–Trinajstić information content (AvgIpc) is 2.69. The number of carbonyl (C=O) groups is 1. The van der Waals surface area contributed by atoms with Gasteiger partial charge in [0.25, 0.3) is 0 Å². The van der Waals surface area contributed by atoms with E-state index in [1.54, 1.807) is 0 Å². The minimum atomic E-state index is -0.0745. The first-order valence-electron chi connectivity index (χ1n) is 7.19. The van der Waals surface area contributed by atoms with Crippen LogP contribution in [0.4, 0.5) is 10.5 Å². The first-order chi connectivity index (χ1) is 9.45. The third-order valence-corrected chi connectivity index (χ3v) is 4.06. The van der Waals surface area contributed by atoms with E-state index in [4.69, 9.17) is 4.74 Å². The molecule has 0 aliphatic carbocycles. The van der Waals surface area contributed by atoms with Crippen molar-refractivity contribution >= 4 is 11.7 Å². The summed E-state index contributed by atoms with van der Waals surface area (Å²) in [7, 11) is 0. The molecule has 2 amide bonds. The molecule has 1 aromatic heterocycles. The molecule has 1 aliphatic heterocycles. The number of hydrogen-bond donors (Lipinski definition) is 1. The highest BCUT2D eigenvalue weighted by molar-refractivity contribution is 5.90. The van der Waals surface area contributed by atoms with Gasteiger partial charge in [-0.1, -0.05) is 0 Å². The highest BCUT2D eigenvalue weighted by Gasteiger charge is 2.29. The van der Waals surface area contributed by atoms with Crippen molar-refractivity contribution in [3.8, 4) is 0 Å². The van der Waals surface area contributed by atoms with E-state index >= 15 is 0 Å². The maximum Gasteiger partial charge on any atom is 0.322 e. The Hall–Kier alpha value is -1.56. The number of carbonyl (C=O) groups excluding carboxylic acids is 1. The van der Waals surface area contributed by atoms with Gasteiger partial charge in [-0.15, -0.1) is 0 Å². The molecule has 0 radical (unpaired) electrons. The van der Waals surface area contributed by atoms with Gasteiger partial charge in [0.15, 0.2) is 0 Å². The molecule has 20 heavy (non-hydrogen) atoms. The zero-order valence-corrected chi connectivity index (χ0v) is 12.9. The number of anilines is 1. The Kier molecular flexibility index (Phi) is 4.32. The topological polar surface area (TPSA) is 59.4 Å². The quantitative estimate of drug-likeness (QED) is 0.903. The molecule has 0 saturated carbocycles. The van der Waals surface area contributed by atoms with E-state index in [0.717, 1.165) is 23.6 Å². The van der Waals surface area contributed by atoms with Gasteiger partial charge in [-0.2, -0.15) is 5.10 Å². The molecule has 2 heterocycles. The number of aryl methyl sites for hydroxylation is 2. The van der Waals surface area contributed by atoms with E-state index in [0.29, 0.717) is 13.2 Å². The SMILES string of the molecule is CCn1nc(C)c(NC(=O)N2CCO[C@@H](C)[C@@H]2C)c1C. The minimum absolute atomic E-state index is 0.0649. The number of urea groups is 1. The second kappa shape index (κ2) is 5.83. The lowest BCUT2D eigenvalue weighted by Crippen LogP contribution is -2.52. The van der Waals surface area contributed by atoms with Crippen molar-refractivity contribution < 1.29 is 9.53 Å². The van der Waals surface area contributed by atoms with Crippen LogP contribution < -0.4 is 5.32 Å². The summed E-state index contributed by atoms with van der Waals surface area (Å²) in [6.45, 7) is 12.0. The van der Waals surface area contributed by atoms with Crippen LogP contribution in [-0.2, 0) is 11.3 Å². The summed E-state index contributed by atoms with van der Waals surface area (Å²) in [5, 5.41) is 7.42. The van der Waals surface area contributed by atoms with E-state index in [-0.39, 0.29) is 18.2 Å². The van der Waals surface area contributed by atoms with Crippen molar-refractivity contribution in [2.24, 2.45) is 0 Å². The van der Waals surface area contributed by atoms with Crippen LogP contribution in [-0.4, -0.2) is 46.0 Å². The summed E-state index contributed by atoms with van der Waals surface area (Å²) in [4.78, 5) is 14.3. The Morgan fingerprint density at radius 3 is 2.75 bits per heavy atom. The molecule has 0 unspecified atom stereocenters. The normalized spacial score (nSPS) is 22.9. The van der Waals surface area contributed by atoms with E-state index in [2.05, 4.69) is 10.4 Å². The van der Waals surface area contributed by atoms with Gasteiger partial charge in [-0.3, -0.25) is 4.68 Å².